The van der Waals surface area contributed by atoms with Crippen LogP contribution in [0.4, 0.5) is 0 Å². The molecule has 0 aromatic carbocycles. The summed E-state index contributed by atoms with van der Waals surface area (Å²) in [5.41, 5.74) is 1.06. The summed E-state index contributed by atoms with van der Waals surface area (Å²) >= 11 is 9.88. The van der Waals surface area contributed by atoms with E-state index in [0.29, 0.717) is 29.1 Å². The number of fused-ring (bicyclic) bond motifs is 2. The van der Waals surface area contributed by atoms with Gasteiger partial charge in [-0.25, -0.2) is 9.97 Å². The third-order valence-electron chi connectivity index (χ3n) is 4.96. The highest BCUT2D eigenvalue weighted by molar-refractivity contribution is 9.10. The van der Waals surface area contributed by atoms with Gasteiger partial charge in [-0.15, -0.1) is 0 Å². The summed E-state index contributed by atoms with van der Waals surface area (Å²) in [6.07, 6.45) is 5.93. The molecule has 0 spiro atoms. The van der Waals surface area contributed by atoms with Crippen LogP contribution in [0.2, 0.25) is 5.15 Å². The standard InChI is InChI=1S/C16H23BrClN3/c1-9(2)6-13-14(17)15(18)20-16(19-13)10-7-11-4-5-12(8-10)21(11)3/h9-12H,4-8H2,1-3H3. The molecule has 0 N–H and O–H groups in total. The van der Waals surface area contributed by atoms with Gasteiger partial charge in [0.25, 0.3) is 0 Å². The first-order valence-electron chi connectivity index (χ1n) is 7.89. The fraction of sp³-hybridized carbons (Fsp3) is 0.750. The van der Waals surface area contributed by atoms with E-state index < -0.39 is 0 Å². The van der Waals surface area contributed by atoms with E-state index in [9.17, 15) is 0 Å². The van der Waals surface area contributed by atoms with Gasteiger partial charge in [-0.2, -0.15) is 0 Å². The average Bonchev–Trinajstić information content (AvgIpc) is 2.64. The molecule has 3 rings (SSSR count). The molecule has 21 heavy (non-hydrogen) atoms. The first kappa shape index (κ1) is 15.7. The summed E-state index contributed by atoms with van der Waals surface area (Å²) in [6.45, 7) is 4.41. The highest BCUT2D eigenvalue weighted by atomic mass is 79.9. The van der Waals surface area contributed by atoms with Gasteiger partial charge in [0.15, 0.2) is 0 Å². The second kappa shape index (κ2) is 6.13. The van der Waals surface area contributed by atoms with Gasteiger partial charge in [0.2, 0.25) is 0 Å². The lowest BCUT2D eigenvalue weighted by Gasteiger charge is -2.35. The van der Waals surface area contributed by atoms with Crippen LogP contribution >= 0.6 is 27.5 Å². The lowest BCUT2D eigenvalue weighted by Crippen LogP contribution is -2.39. The second-order valence-corrected chi connectivity index (χ2v) is 8.10. The molecule has 116 valence electrons. The number of hydrogen-bond donors (Lipinski definition) is 0. The predicted molar refractivity (Wildman–Crippen MR) is 89.8 cm³/mol. The summed E-state index contributed by atoms with van der Waals surface area (Å²) < 4.78 is 0.873. The van der Waals surface area contributed by atoms with Crippen molar-refractivity contribution in [2.45, 2.75) is 64.0 Å². The molecule has 0 saturated carbocycles. The topological polar surface area (TPSA) is 29.0 Å². The van der Waals surface area contributed by atoms with Crippen molar-refractivity contribution in [1.29, 1.82) is 0 Å². The van der Waals surface area contributed by atoms with Crippen LogP contribution in [0.5, 0.6) is 0 Å². The Morgan fingerprint density at radius 1 is 1.24 bits per heavy atom. The molecular formula is C16H23BrClN3. The van der Waals surface area contributed by atoms with Crippen LogP contribution in [0.25, 0.3) is 0 Å². The maximum absolute atomic E-state index is 6.33. The lowest BCUT2D eigenvalue weighted by molar-refractivity contribution is 0.158. The zero-order chi connectivity index (χ0) is 15.1. The number of aromatic nitrogens is 2. The SMILES string of the molecule is CC(C)Cc1nc(C2CC3CCC(C2)N3C)nc(Cl)c1Br. The molecule has 5 heteroatoms. The normalized spacial score (nSPS) is 29.3. The van der Waals surface area contributed by atoms with E-state index in [-0.39, 0.29) is 0 Å². The van der Waals surface area contributed by atoms with Crippen LogP contribution in [0.3, 0.4) is 0 Å². The van der Waals surface area contributed by atoms with E-state index in [4.69, 9.17) is 16.6 Å². The van der Waals surface area contributed by atoms with Gasteiger partial charge in [-0.1, -0.05) is 25.4 Å². The average molecular weight is 373 g/mol. The van der Waals surface area contributed by atoms with Crippen molar-refractivity contribution in [3.05, 3.63) is 21.1 Å². The van der Waals surface area contributed by atoms with Crippen LogP contribution in [0, 0.1) is 5.92 Å². The molecule has 1 aromatic rings. The highest BCUT2D eigenvalue weighted by Crippen LogP contribution is 2.41. The minimum absolute atomic E-state index is 0.468. The highest BCUT2D eigenvalue weighted by Gasteiger charge is 2.40. The maximum Gasteiger partial charge on any atom is 0.147 e. The van der Waals surface area contributed by atoms with Crippen LogP contribution in [-0.2, 0) is 6.42 Å². The summed E-state index contributed by atoms with van der Waals surface area (Å²) in [6, 6.07) is 1.40. The monoisotopic (exact) mass is 371 g/mol. The fourth-order valence-corrected chi connectivity index (χ4v) is 4.34. The third kappa shape index (κ3) is 3.13. The van der Waals surface area contributed by atoms with Crippen molar-refractivity contribution in [3.8, 4) is 0 Å². The van der Waals surface area contributed by atoms with Crippen molar-refractivity contribution in [2.75, 3.05) is 7.05 Å². The molecule has 0 amide bonds. The number of piperidine rings is 1. The second-order valence-electron chi connectivity index (χ2n) is 6.95. The zero-order valence-electron chi connectivity index (χ0n) is 12.9. The molecule has 0 aliphatic carbocycles. The first-order valence-corrected chi connectivity index (χ1v) is 9.06. The molecule has 0 radical (unpaired) electrons. The molecule has 2 unspecified atom stereocenters. The molecule has 2 aliphatic heterocycles. The minimum Gasteiger partial charge on any atom is -0.300 e. The molecule has 2 saturated heterocycles. The van der Waals surface area contributed by atoms with Gasteiger partial charge in [-0.3, -0.25) is 0 Å². The van der Waals surface area contributed by atoms with Gasteiger partial charge in [0.05, 0.1) is 10.2 Å². The van der Waals surface area contributed by atoms with E-state index in [1.54, 1.807) is 0 Å². The van der Waals surface area contributed by atoms with Gasteiger partial charge < -0.3 is 4.90 Å². The van der Waals surface area contributed by atoms with Crippen molar-refractivity contribution < 1.29 is 0 Å². The minimum atomic E-state index is 0.468. The molecular weight excluding hydrogens is 350 g/mol. The van der Waals surface area contributed by atoms with Crippen LogP contribution in [-0.4, -0.2) is 34.0 Å². The Bertz CT molecular complexity index is 520. The Morgan fingerprint density at radius 3 is 2.43 bits per heavy atom. The number of rotatable bonds is 3. The van der Waals surface area contributed by atoms with E-state index in [1.165, 1.54) is 25.7 Å². The van der Waals surface area contributed by atoms with Crippen LogP contribution in [0.15, 0.2) is 4.47 Å². The molecule has 2 fully saturated rings. The van der Waals surface area contributed by atoms with Crippen molar-refractivity contribution in [1.82, 2.24) is 14.9 Å². The van der Waals surface area contributed by atoms with E-state index in [2.05, 4.69) is 46.7 Å². The quantitative estimate of drug-likeness (QED) is 0.735. The van der Waals surface area contributed by atoms with Gasteiger partial charge in [-0.05, 0) is 61.0 Å². The molecule has 2 aliphatic rings. The Hall–Kier alpha value is -0.190. The first-order chi connectivity index (χ1) is 9.95. The van der Waals surface area contributed by atoms with E-state index in [1.807, 2.05) is 0 Å². The van der Waals surface area contributed by atoms with Crippen LogP contribution < -0.4 is 0 Å². The molecule has 1 aromatic heterocycles. The third-order valence-corrected chi connectivity index (χ3v) is 6.30. The van der Waals surface area contributed by atoms with Gasteiger partial charge in [0.1, 0.15) is 11.0 Å². The van der Waals surface area contributed by atoms with Gasteiger partial charge in [0, 0.05) is 18.0 Å². The fourth-order valence-electron chi connectivity index (χ4n) is 3.81. The summed E-state index contributed by atoms with van der Waals surface area (Å²) in [7, 11) is 2.26. The van der Waals surface area contributed by atoms with E-state index in [0.717, 1.165) is 22.4 Å². The number of hydrogen-bond acceptors (Lipinski definition) is 3. The molecule has 2 atom stereocenters. The predicted octanol–water partition coefficient (Wildman–Crippen LogP) is 4.43. The van der Waals surface area contributed by atoms with Crippen molar-refractivity contribution in [3.63, 3.8) is 0 Å². The van der Waals surface area contributed by atoms with Gasteiger partial charge >= 0.3 is 0 Å². The van der Waals surface area contributed by atoms with E-state index >= 15 is 0 Å². The molecule has 3 heterocycles. The molecule has 2 bridgehead atoms. The summed E-state index contributed by atoms with van der Waals surface area (Å²) in [5.74, 6) is 1.99. The number of nitrogens with zero attached hydrogens (tertiary/aromatic N) is 3. The summed E-state index contributed by atoms with van der Waals surface area (Å²) in [5, 5.41) is 0.571. The van der Waals surface area contributed by atoms with Crippen molar-refractivity contribution in [2.24, 2.45) is 5.92 Å². The Morgan fingerprint density at radius 2 is 1.86 bits per heavy atom. The van der Waals surface area contributed by atoms with Crippen LogP contribution in [0.1, 0.15) is 57.0 Å². The number of halogens is 2. The summed E-state index contributed by atoms with van der Waals surface area (Å²) in [4.78, 5) is 12.0. The Balaban J connectivity index is 1.87. The smallest absolute Gasteiger partial charge is 0.147 e. The Labute approximate surface area is 140 Å². The lowest BCUT2D eigenvalue weighted by atomic mass is 9.90. The zero-order valence-corrected chi connectivity index (χ0v) is 15.3. The maximum atomic E-state index is 6.33. The Kier molecular flexibility index (Phi) is 4.58. The largest absolute Gasteiger partial charge is 0.300 e. The van der Waals surface area contributed by atoms with Crippen molar-refractivity contribution >= 4 is 27.5 Å². The molecule has 3 nitrogen and oxygen atoms in total.